The van der Waals surface area contributed by atoms with E-state index >= 15 is 0 Å². The predicted octanol–water partition coefficient (Wildman–Crippen LogP) is -0.412. The van der Waals surface area contributed by atoms with Crippen molar-refractivity contribution in [2.24, 2.45) is 17.8 Å². The third-order valence-corrected chi connectivity index (χ3v) is 4.90. The molecule has 108 valence electrons. The Bertz CT molecular complexity index is 504. The van der Waals surface area contributed by atoms with Gasteiger partial charge in [-0.25, -0.2) is 0 Å². The third-order valence-electron chi connectivity index (χ3n) is 4.90. The summed E-state index contributed by atoms with van der Waals surface area (Å²) < 4.78 is 15.9. The molecule has 5 atom stereocenters. The smallest absolute Gasteiger partial charge is 0.235 e. The molecule has 4 aliphatic rings. The Kier molecular flexibility index (Phi) is 2.58. The zero-order valence-corrected chi connectivity index (χ0v) is 11.3. The maximum absolute atomic E-state index is 12.4. The van der Waals surface area contributed by atoms with Crippen LogP contribution in [0.3, 0.4) is 0 Å². The molecule has 3 fully saturated rings. The topological polar surface area (TPSA) is 68.4 Å². The van der Waals surface area contributed by atoms with Crippen molar-refractivity contribution in [2.75, 3.05) is 33.5 Å². The van der Waals surface area contributed by atoms with Gasteiger partial charge in [0.05, 0.1) is 38.2 Å². The van der Waals surface area contributed by atoms with Crippen LogP contribution in [-0.4, -0.2) is 61.9 Å². The summed E-state index contributed by atoms with van der Waals surface area (Å²) in [4.78, 5) is 26.1. The van der Waals surface area contributed by atoms with Crippen LogP contribution < -0.4 is 0 Å². The molecule has 2 amide bonds. The highest BCUT2D eigenvalue weighted by Crippen LogP contribution is 2.67. The molecule has 2 aliphatic heterocycles. The number of ether oxygens (including phenoxy) is 3. The molecule has 20 heavy (non-hydrogen) atoms. The van der Waals surface area contributed by atoms with Crippen molar-refractivity contribution in [1.82, 2.24) is 4.90 Å². The van der Waals surface area contributed by atoms with Crippen LogP contribution >= 0.6 is 0 Å². The monoisotopic (exact) mass is 279 g/mol. The first-order valence-corrected chi connectivity index (χ1v) is 7.00. The van der Waals surface area contributed by atoms with Gasteiger partial charge < -0.3 is 14.2 Å². The van der Waals surface area contributed by atoms with E-state index in [4.69, 9.17) is 14.2 Å². The SMILES string of the molecule is COCCOCCN1C(=O)C2C(C1=O)C1OC13C=CC23. The number of amides is 2. The van der Waals surface area contributed by atoms with E-state index in [-0.39, 0.29) is 41.3 Å². The van der Waals surface area contributed by atoms with Crippen molar-refractivity contribution >= 4 is 11.8 Å². The summed E-state index contributed by atoms with van der Waals surface area (Å²) in [5.74, 6) is -0.520. The lowest BCUT2D eigenvalue weighted by molar-refractivity contribution is -0.141. The molecule has 6 heteroatoms. The van der Waals surface area contributed by atoms with Gasteiger partial charge in [-0.1, -0.05) is 12.2 Å². The number of imide groups is 1. The Morgan fingerprint density at radius 2 is 2.05 bits per heavy atom. The first-order chi connectivity index (χ1) is 9.70. The van der Waals surface area contributed by atoms with Gasteiger partial charge in [0.1, 0.15) is 11.7 Å². The van der Waals surface area contributed by atoms with E-state index in [2.05, 4.69) is 0 Å². The van der Waals surface area contributed by atoms with E-state index in [1.807, 2.05) is 12.2 Å². The molecule has 6 nitrogen and oxygen atoms in total. The fourth-order valence-corrected chi connectivity index (χ4v) is 3.83. The van der Waals surface area contributed by atoms with E-state index in [9.17, 15) is 9.59 Å². The molecular formula is C14H17NO5. The zero-order valence-electron chi connectivity index (χ0n) is 11.3. The van der Waals surface area contributed by atoms with Crippen LogP contribution in [0.5, 0.6) is 0 Å². The lowest BCUT2D eigenvalue weighted by Crippen LogP contribution is -2.39. The molecule has 0 bridgehead atoms. The molecule has 4 rings (SSSR count). The molecule has 1 spiro atoms. The molecule has 1 saturated carbocycles. The maximum atomic E-state index is 12.4. The van der Waals surface area contributed by atoms with Gasteiger partial charge >= 0.3 is 0 Å². The van der Waals surface area contributed by atoms with Crippen molar-refractivity contribution < 1.29 is 23.8 Å². The molecule has 0 aromatic heterocycles. The highest BCUT2D eigenvalue weighted by Gasteiger charge is 2.80. The summed E-state index contributed by atoms with van der Waals surface area (Å²) in [5, 5.41) is 0. The Morgan fingerprint density at radius 1 is 1.25 bits per heavy atom. The second-order valence-corrected chi connectivity index (χ2v) is 5.76. The van der Waals surface area contributed by atoms with Crippen LogP contribution in [-0.2, 0) is 23.8 Å². The summed E-state index contributed by atoms with van der Waals surface area (Å²) in [6.07, 6.45) is 3.94. The van der Waals surface area contributed by atoms with Gasteiger partial charge in [0.15, 0.2) is 0 Å². The van der Waals surface area contributed by atoms with Crippen molar-refractivity contribution in [1.29, 1.82) is 0 Å². The first kappa shape index (κ1) is 12.5. The Hall–Kier alpha value is -1.24. The normalized spacial score (nSPS) is 43.4. The number of fused-ring (bicyclic) bond motifs is 3. The lowest BCUT2D eigenvalue weighted by Gasteiger charge is -2.27. The number of nitrogens with zero attached hydrogens (tertiary/aromatic N) is 1. The van der Waals surface area contributed by atoms with Crippen LogP contribution in [0.25, 0.3) is 0 Å². The Morgan fingerprint density at radius 3 is 2.75 bits per heavy atom. The number of likely N-dealkylation sites (tertiary alicyclic amines) is 1. The number of methoxy groups -OCH3 is 1. The fraction of sp³-hybridized carbons (Fsp3) is 0.714. The van der Waals surface area contributed by atoms with Gasteiger partial charge in [-0.05, 0) is 0 Å². The second-order valence-electron chi connectivity index (χ2n) is 5.76. The molecule has 2 heterocycles. The van der Waals surface area contributed by atoms with E-state index < -0.39 is 0 Å². The van der Waals surface area contributed by atoms with E-state index in [0.717, 1.165) is 0 Å². The van der Waals surface area contributed by atoms with E-state index in [1.54, 1.807) is 7.11 Å². The molecule has 0 N–H and O–H groups in total. The molecular weight excluding hydrogens is 262 g/mol. The minimum atomic E-state index is -0.276. The molecule has 0 aromatic rings. The second kappa shape index (κ2) is 4.13. The van der Waals surface area contributed by atoms with Gasteiger partial charge in [0.25, 0.3) is 0 Å². The number of hydrogen-bond donors (Lipinski definition) is 0. The van der Waals surface area contributed by atoms with Gasteiger partial charge in [0.2, 0.25) is 11.8 Å². The Balaban J connectivity index is 1.39. The van der Waals surface area contributed by atoms with Crippen molar-refractivity contribution in [3.05, 3.63) is 12.2 Å². The first-order valence-electron chi connectivity index (χ1n) is 7.00. The zero-order chi connectivity index (χ0) is 13.9. The maximum Gasteiger partial charge on any atom is 0.235 e. The molecule has 5 unspecified atom stereocenters. The van der Waals surface area contributed by atoms with Crippen LogP contribution in [0.2, 0.25) is 0 Å². The fourth-order valence-electron chi connectivity index (χ4n) is 3.83. The minimum Gasteiger partial charge on any atom is -0.382 e. The number of epoxide rings is 1. The summed E-state index contributed by atoms with van der Waals surface area (Å²) in [6.45, 7) is 1.67. The van der Waals surface area contributed by atoms with Crippen LogP contribution in [0.4, 0.5) is 0 Å². The van der Waals surface area contributed by atoms with Gasteiger partial charge in [-0.15, -0.1) is 0 Å². The summed E-state index contributed by atoms with van der Waals surface area (Å²) in [7, 11) is 1.60. The van der Waals surface area contributed by atoms with Crippen LogP contribution in [0, 0.1) is 17.8 Å². The van der Waals surface area contributed by atoms with Gasteiger partial charge in [-0.2, -0.15) is 0 Å². The predicted molar refractivity (Wildman–Crippen MR) is 66.6 cm³/mol. The minimum absolute atomic E-state index is 0.0557. The molecule has 0 radical (unpaired) electrons. The van der Waals surface area contributed by atoms with Crippen molar-refractivity contribution in [2.45, 2.75) is 11.7 Å². The lowest BCUT2D eigenvalue weighted by atomic mass is 9.78. The van der Waals surface area contributed by atoms with Crippen molar-refractivity contribution in [3.8, 4) is 0 Å². The van der Waals surface area contributed by atoms with Crippen LogP contribution in [0.1, 0.15) is 0 Å². The van der Waals surface area contributed by atoms with Gasteiger partial charge in [0, 0.05) is 13.0 Å². The number of carbonyl (C=O) groups excluding carboxylic acids is 2. The summed E-state index contributed by atoms with van der Waals surface area (Å²) in [5.41, 5.74) is -0.262. The average molecular weight is 279 g/mol. The van der Waals surface area contributed by atoms with Crippen LogP contribution in [0.15, 0.2) is 12.2 Å². The highest BCUT2D eigenvalue weighted by atomic mass is 16.6. The van der Waals surface area contributed by atoms with E-state index in [0.29, 0.717) is 26.4 Å². The molecule has 2 aliphatic carbocycles. The summed E-state index contributed by atoms with van der Waals surface area (Å²) >= 11 is 0. The average Bonchev–Trinajstić information content (AvgIpc) is 3.08. The van der Waals surface area contributed by atoms with Crippen molar-refractivity contribution in [3.63, 3.8) is 0 Å². The number of hydrogen-bond acceptors (Lipinski definition) is 5. The Labute approximate surface area is 116 Å². The van der Waals surface area contributed by atoms with Gasteiger partial charge in [-0.3, -0.25) is 14.5 Å². The molecule has 2 saturated heterocycles. The molecule has 0 aromatic carbocycles. The largest absolute Gasteiger partial charge is 0.382 e. The number of rotatable bonds is 6. The standard InChI is InChI=1S/C14H17NO5/c1-18-6-7-19-5-4-15-12(16)9-8-2-3-14(8)11(20-14)10(9)13(15)17/h2-3,8-11H,4-7H2,1H3. The highest BCUT2D eigenvalue weighted by molar-refractivity contribution is 6.07. The quantitative estimate of drug-likeness (QED) is 0.286. The van der Waals surface area contributed by atoms with E-state index in [1.165, 1.54) is 4.90 Å². The third kappa shape index (κ3) is 1.39. The summed E-state index contributed by atoms with van der Waals surface area (Å²) in [6, 6.07) is 0. The number of carbonyl (C=O) groups is 2.